The molecule has 0 aliphatic carbocycles. The third-order valence-corrected chi connectivity index (χ3v) is 5.49. The largest absolute Gasteiger partial charge is 0.325 e. The smallest absolute Gasteiger partial charge is 0.238 e. The summed E-state index contributed by atoms with van der Waals surface area (Å²) in [7, 11) is 0. The van der Waals surface area contributed by atoms with E-state index in [2.05, 4.69) is 26.2 Å². The molecule has 152 valence electrons. The van der Waals surface area contributed by atoms with Gasteiger partial charge in [0.2, 0.25) is 5.91 Å². The molecule has 1 aliphatic heterocycles. The van der Waals surface area contributed by atoms with Crippen molar-refractivity contribution in [2.75, 3.05) is 44.3 Å². The summed E-state index contributed by atoms with van der Waals surface area (Å²) in [5, 5.41) is 12.7. The van der Waals surface area contributed by atoms with E-state index in [0.29, 0.717) is 17.8 Å². The zero-order valence-electron chi connectivity index (χ0n) is 16.4. The van der Waals surface area contributed by atoms with E-state index in [4.69, 9.17) is 5.26 Å². The molecule has 1 saturated heterocycles. The first-order chi connectivity index (χ1) is 14.1. The van der Waals surface area contributed by atoms with Gasteiger partial charge in [0, 0.05) is 25.3 Å². The molecular formula is C21H24FN5OS. The number of amides is 1. The minimum absolute atomic E-state index is 0.0940. The van der Waals surface area contributed by atoms with E-state index >= 15 is 0 Å². The van der Waals surface area contributed by atoms with Crippen LogP contribution in [-0.2, 0) is 11.3 Å². The van der Waals surface area contributed by atoms with Crippen molar-refractivity contribution in [3.63, 3.8) is 0 Å². The Kier molecular flexibility index (Phi) is 7.58. The van der Waals surface area contributed by atoms with Crippen LogP contribution in [0, 0.1) is 17.1 Å². The summed E-state index contributed by atoms with van der Waals surface area (Å²) < 4.78 is 13.0. The lowest BCUT2D eigenvalue weighted by Crippen LogP contribution is -2.36. The van der Waals surface area contributed by atoms with Crippen LogP contribution in [0.2, 0.25) is 0 Å². The topological polar surface area (TPSA) is 72.3 Å². The number of nitrogens with zero attached hydrogens (tertiary/aromatic N) is 4. The van der Waals surface area contributed by atoms with Crippen LogP contribution >= 0.6 is 11.8 Å². The summed E-state index contributed by atoms with van der Waals surface area (Å²) in [6, 6.07) is 11.7. The summed E-state index contributed by atoms with van der Waals surface area (Å²) in [5.74, 6) is -0.416. The molecule has 2 aromatic rings. The number of hydrogen-bond acceptors (Lipinski definition) is 6. The number of pyridine rings is 1. The molecule has 0 radical (unpaired) electrons. The van der Waals surface area contributed by atoms with Crippen molar-refractivity contribution < 1.29 is 9.18 Å². The van der Waals surface area contributed by atoms with Crippen molar-refractivity contribution in [2.45, 2.75) is 18.0 Å². The van der Waals surface area contributed by atoms with Gasteiger partial charge < -0.3 is 5.32 Å². The Morgan fingerprint density at radius 2 is 1.90 bits per heavy atom. The van der Waals surface area contributed by atoms with Gasteiger partial charge in [-0.05, 0) is 62.2 Å². The van der Waals surface area contributed by atoms with Crippen LogP contribution in [0.1, 0.15) is 17.7 Å². The number of halogens is 1. The van der Waals surface area contributed by atoms with Gasteiger partial charge in [-0.25, -0.2) is 9.37 Å². The fourth-order valence-electron chi connectivity index (χ4n) is 3.31. The summed E-state index contributed by atoms with van der Waals surface area (Å²) >= 11 is 1.48. The number of hydrogen-bond donors (Lipinski definition) is 1. The maximum Gasteiger partial charge on any atom is 0.238 e. The predicted octanol–water partition coefficient (Wildman–Crippen LogP) is 2.96. The van der Waals surface area contributed by atoms with Crippen LogP contribution in [0.3, 0.4) is 0 Å². The highest BCUT2D eigenvalue weighted by atomic mass is 32.2. The minimum atomic E-state index is -0.322. The lowest BCUT2D eigenvalue weighted by atomic mass is 10.2. The summed E-state index contributed by atoms with van der Waals surface area (Å²) in [5.41, 5.74) is 2.16. The minimum Gasteiger partial charge on any atom is -0.325 e. The molecule has 1 N–H and O–H groups in total. The molecule has 0 bridgehead atoms. The Labute approximate surface area is 174 Å². The maximum atomic E-state index is 13.0. The molecule has 1 aromatic heterocycles. The number of carbonyl (C=O) groups excluding carboxylic acids is 1. The van der Waals surface area contributed by atoms with E-state index in [-0.39, 0.29) is 11.7 Å². The van der Waals surface area contributed by atoms with Gasteiger partial charge in [-0.15, -0.1) is 11.8 Å². The van der Waals surface area contributed by atoms with Crippen LogP contribution in [0.4, 0.5) is 10.1 Å². The van der Waals surface area contributed by atoms with Crippen molar-refractivity contribution in [3.05, 3.63) is 53.5 Å². The number of anilines is 1. The van der Waals surface area contributed by atoms with E-state index in [0.717, 1.165) is 49.9 Å². The Morgan fingerprint density at radius 1 is 1.17 bits per heavy atom. The van der Waals surface area contributed by atoms with Gasteiger partial charge in [-0.2, -0.15) is 5.26 Å². The number of aromatic nitrogens is 1. The predicted molar refractivity (Wildman–Crippen MR) is 112 cm³/mol. The molecule has 0 atom stereocenters. The van der Waals surface area contributed by atoms with E-state index in [1.54, 1.807) is 12.1 Å². The molecule has 8 heteroatoms. The Hall–Kier alpha value is -2.47. The molecule has 1 amide bonds. The molecule has 29 heavy (non-hydrogen) atoms. The van der Waals surface area contributed by atoms with Gasteiger partial charge in [0.1, 0.15) is 16.9 Å². The number of rotatable bonds is 6. The average Bonchev–Trinajstić information content (AvgIpc) is 2.94. The Morgan fingerprint density at radius 3 is 2.62 bits per heavy atom. The molecule has 1 aromatic carbocycles. The highest BCUT2D eigenvalue weighted by Crippen LogP contribution is 2.18. The van der Waals surface area contributed by atoms with E-state index < -0.39 is 0 Å². The molecule has 6 nitrogen and oxygen atoms in total. The van der Waals surface area contributed by atoms with Crippen molar-refractivity contribution in [1.82, 2.24) is 14.8 Å². The van der Waals surface area contributed by atoms with Crippen molar-refractivity contribution in [2.24, 2.45) is 0 Å². The van der Waals surface area contributed by atoms with Crippen LogP contribution in [-0.4, -0.2) is 59.7 Å². The summed E-state index contributed by atoms with van der Waals surface area (Å²) in [6.45, 7) is 4.48. The number of benzene rings is 1. The number of carbonyl (C=O) groups is 1. The third-order valence-electron chi connectivity index (χ3n) is 4.79. The monoisotopic (exact) mass is 413 g/mol. The zero-order valence-corrected chi connectivity index (χ0v) is 17.2. The fraction of sp³-hybridized carbons (Fsp3) is 0.381. The Balaban J connectivity index is 1.50. The van der Waals surface area contributed by atoms with Crippen molar-refractivity contribution in [1.29, 1.82) is 5.26 Å². The van der Waals surface area contributed by atoms with E-state index in [9.17, 15) is 9.18 Å². The van der Waals surface area contributed by atoms with Crippen LogP contribution in [0.15, 0.2) is 41.4 Å². The first-order valence-electron chi connectivity index (χ1n) is 9.51. The van der Waals surface area contributed by atoms with Gasteiger partial charge >= 0.3 is 0 Å². The normalized spacial score (nSPS) is 15.5. The van der Waals surface area contributed by atoms with Gasteiger partial charge in [0.15, 0.2) is 0 Å². The molecule has 1 fully saturated rings. The summed E-state index contributed by atoms with van der Waals surface area (Å²) in [4.78, 5) is 21.4. The quantitative estimate of drug-likeness (QED) is 0.734. The molecular weight excluding hydrogens is 389 g/mol. The van der Waals surface area contributed by atoms with Gasteiger partial charge in [0.25, 0.3) is 0 Å². The van der Waals surface area contributed by atoms with Crippen LogP contribution in [0.25, 0.3) is 0 Å². The standard InChI is InChI=1S/C21H24FN5OS/c1-29-21-16(13-23)3-6-19(25-21)14-26-9-2-10-27(12-11-26)15-20(28)24-18-7-4-17(22)5-8-18/h3-8H,2,9-12,14-15H2,1H3,(H,24,28). The molecule has 2 heterocycles. The summed E-state index contributed by atoms with van der Waals surface area (Å²) in [6.07, 6.45) is 2.89. The van der Waals surface area contributed by atoms with Gasteiger partial charge in [0.05, 0.1) is 17.8 Å². The fourth-order valence-corrected chi connectivity index (χ4v) is 3.86. The molecule has 0 saturated carbocycles. The lowest BCUT2D eigenvalue weighted by Gasteiger charge is -2.21. The molecule has 0 unspecified atom stereocenters. The number of thioether (sulfide) groups is 1. The Bertz CT molecular complexity index is 884. The number of nitriles is 1. The SMILES string of the molecule is CSc1nc(CN2CCCN(CC(=O)Nc3ccc(F)cc3)CC2)ccc1C#N. The maximum absolute atomic E-state index is 13.0. The molecule has 3 rings (SSSR count). The second-order valence-corrected chi connectivity index (χ2v) is 7.73. The first-order valence-corrected chi connectivity index (χ1v) is 10.7. The molecule has 1 aliphatic rings. The second kappa shape index (κ2) is 10.3. The van der Waals surface area contributed by atoms with Gasteiger partial charge in [-0.3, -0.25) is 14.6 Å². The first kappa shape index (κ1) is 21.2. The number of nitrogens with one attached hydrogen (secondary N) is 1. The molecule has 0 spiro atoms. The highest BCUT2D eigenvalue weighted by Gasteiger charge is 2.18. The lowest BCUT2D eigenvalue weighted by molar-refractivity contribution is -0.117. The van der Waals surface area contributed by atoms with Crippen LogP contribution < -0.4 is 5.32 Å². The third kappa shape index (κ3) is 6.26. The van der Waals surface area contributed by atoms with Crippen LogP contribution in [0.5, 0.6) is 0 Å². The van der Waals surface area contributed by atoms with Gasteiger partial charge in [-0.1, -0.05) is 0 Å². The van der Waals surface area contributed by atoms with E-state index in [1.807, 2.05) is 18.4 Å². The zero-order chi connectivity index (χ0) is 20.6. The average molecular weight is 414 g/mol. The van der Waals surface area contributed by atoms with Crippen molar-refractivity contribution >= 4 is 23.4 Å². The van der Waals surface area contributed by atoms with Crippen molar-refractivity contribution in [3.8, 4) is 6.07 Å². The van der Waals surface area contributed by atoms with E-state index in [1.165, 1.54) is 23.9 Å². The highest BCUT2D eigenvalue weighted by molar-refractivity contribution is 7.98. The second-order valence-electron chi connectivity index (χ2n) is 6.93.